The molecule has 14 heteroatoms. The summed E-state index contributed by atoms with van der Waals surface area (Å²) in [6, 6.07) is 28.7. The van der Waals surface area contributed by atoms with Crippen LogP contribution in [0.3, 0.4) is 0 Å². The molecule has 0 aliphatic rings. The lowest BCUT2D eigenvalue weighted by Gasteiger charge is -2.08. The van der Waals surface area contributed by atoms with E-state index in [0.717, 1.165) is 23.2 Å². The minimum atomic E-state index is -4.62. The van der Waals surface area contributed by atoms with Crippen molar-refractivity contribution in [3.63, 3.8) is 0 Å². The predicted octanol–water partition coefficient (Wildman–Crippen LogP) is 6.03. The van der Waals surface area contributed by atoms with Crippen LogP contribution in [-0.2, 0) is 19.5 Å². The topological polar surface area (TPSA) is 154 Å². The summed E-state index contributed by atoms with van der Waals surface area (Å²) in [7, 11) is -4.62. The molecule has 0 saturated carbocycles. The van der Waals surface area contributed by atoms with Gasteiger partial charge in [-0.2, -0.15) is 28.2 Å². The van der Waals surface area contributed by atoms with Crippen molar-refractivity contribution in [2.75, 3.05) is 0 Å². The molecular weight excluding hydrogens is 605 g/mol. The van der Waals surface area contributed by atoms with Crippen LogP contribution in [0.2, 0.25) is 0 Å². The maximum atomic E-state index is 12.4. The molecule has 0 amide bonds. The van der Waals surface area contributed by atoms with Crippen molar-refractivity contribution in [1.29, 1.82) is 0 Å². The molecule has 0 bridgehead atoms. The molecule has 4 aromatic carbocycles. The molecule has 0 aliphatic heterocycles. The van der Waals surface area contributed by atoms with Crippen LogP contribution in [0.4, 0.5) is 0 Å². The summed E-state index contributed by atoms with van der Waals surface area (Å²) in [5.74, 6) is 0. The van der Waals surface area contributed by atoms with Crippen LogP contribution in [0.5, 0.6) is 0 Å². The zero-order valence-electron chi connectivity index (χ0n) is 22.6. The van der Waals surface area contributed by atoms with Gasteiger partial charge in [-0.05, 0) is 35.4 Å². The summed E-state index contributed by atoms with van der Waals surface area (Å²) in [5.41, 5.74) is 4.78. The largest absolute Gasteiger partial charge is 0.295 e. The van der Waals surface area contributed by atoms with E-state index in [1.54, 1.807) is 42.7 Å². The molecule has 2 heterocycles. The Balaban J connectivity index is 1.31. The maximum absolute atomic E-state index is 12.4. The van der Waals surface area contributed by atoms with E-state index < -0.39 is 10.1 Å². The number of rotatable bonds is 10. The molecule has 0 atom stereocenters. The molecule has 44 heavy (non-hydrogen) atoms. The first kappa shape index (κ1) is 29.1. The Morgan fingerprint density at radius 3 is 1.77 bits per heavy atom. The zero-order chi connectivity index (χ0) is 30.5. The van der Waals surface area contributed by atoms with Gasteiger partial charge in [0.2, 0.25) is 0 Å². The Bertz CT molecular complexity index is 2050. The average Bonchev–Trinajstić information content (AvgIpc) is 3.75. The molecule has 0 radical (unpaired) electrons. The second-order valence-corrected chi connectivity index (χ2v) is 11.4. The second-order valence-electron chi connectivity index (χ2n) is 9.25. The molecule has 0 fully saturated rings. The van der Waals surface area contributed by atoms with E-state index in [0.29, 0.717) is 33.2 Å². The van der Waals surface area contributed by atoms with Gasteiger partial charge < -0.3 is 0 Å². The molecule has 0 saturated heterocycles. The lowest BCUT2D eigenvalue weighted by molar-refractivity contribution is -0.432. The van der Waals surface area contributed by atoms with Crippen molar-refractivity contribution in [3.05, 3.63) is 121 Å². The summed E-state index contributed by atoms with van der Waals surface area (Å²) in [5, 5.41) is 30.1. The summed E-state index contributed by atoms with van der Waals surface area (Å²) < 4.78 is 39.5. The van der Waals surface area contributed by atoms with Crippen LogP contribution in [-0.4, -0.2) is 48.2 Å². The highest BCUT2D eigenvalue weighted by Crippen LogP contribution is 2.30. The van der Waals surface area contributed by atoms with Gasteiger partial charge in [0.1, 0.15) is 16.3 Å². The van der Waals surface area contributed by atoms with Crippen molar-refractivity contribution < 1.29 is 27.6 Å². The van der Waals surface area contributed by atoms with Gasteiger partial charge in [-0.3, -0.25) is 4.55 Å². The minimum Gasteiger partial charge on any atom is -0.282 e. The molecule has 6 rings (SSSR count). The van der Waals surface area contributed by atoms with Gasteiger partial charge in [-0.15, -0.1) is 14.5 Å². The fourth-order valence-electron chi connectivity index (χ4n) is 4.35. The minimum absolute atomic E-state index is 0.215. The molecule has 6 aromatic rings. The van der Waals surface area contributed by atoms with Crippen LogP contribution in [0.25, 0.3) is 46.0 Å². The Labute approximate surface area is 255 Å². The van der Waals surface area contributed by atoms with Crippen LogP contribution >= 0.6 is 12.0 Å². The third-order valence-corrected chi connectivity index (χ3v) is 8.02. The highest BCUT2D eigenvalue weighted by Gasteiger charge is 2.17. The van der Waals surface area contributed by atoms with Gasteiger partial charge in [0.25, 0.3) is 10.1 Å². The first-order valence-electron chi connectivity index (χ1n) is 12.9. The fourth-order valence-corrected chi connectivity index (χ4v) is 5.56. The summed E-state index contributed by atoms with van der Waals surface area (Å²) >= 11 is 0.724. The molecule has 0 spiro atoms. The van der Waals surface area contributed by atoms with E-state index in [1.165, 1.54) is 27.8 Å². The van der Waals surface area contributed by atoms with Crippen LogP contribution in [0.1, 0.15) is 11.1 Å². The van der Waals surface area contributed by atoms with E-state index in [2.05, 4.69) is 25.4 Å². The van der Waals surface area contributed by atoms with Crippen molar-refractivity contribution in [2.45, 2.75) is 9.79 Å². The quantitative estimate of drug-likeness (QED) is 0.0602. The fraction of sp³-hybridized carbons (Fsp3) is 0. The first-order valence-corrected chi connectivity index (χ1v) is 15.1. The smallest absolute Gasteiger partial charge is 0.282 e. The number of hydrogen-bond donors (Lipinski definition) is 2. The van der Waals surface area contributed by atoms with Crippen molar-refractivity contribution in [1.82, 2.24) is 30.0 Å². The predicted molar refractivity (Wildman–Crippen MR) is 163 cm³/mol. The normalized spacial score (nSPS) is 11.8. The van der Waals surface area contributed by atoms with Gasteiger partial charge in [0.15, 0.2) is 0 Å². The van der Waals surface area contributed by atoms with Gasteiger partial charge in [0, 0.05) is 16.0 Å². The van der Waals surface area contributed by atoms with E-state index >= 15 is 0 Å². The van der Waals surface area contributed by atoms with Crippen molar-refractivity contribution >= 4 is 34.3 Å². The molecule has 0 unspecified atom stereocenters. The first-order chi connectivity index (χ1) is 21.4. The van der Waals surface area contributed by atoms with Crippen LogP contribution in [0, 0.1) is 0 Å². The van der Waals surface area contributed by atoms with Crippen LogP contribution in [0.15, 0.2) is 119 Å². The van der Waals surface area contributed by atoms with E-state index in [4.69, 9.17) is 9.59 Å². The monoisotopic (exact) mass is 626 g/mol. The summed E-state index contributed by atoms with van der Waals surface area (Å²) in [6.45, 7) is 0. The SMILES string of the molecule is O=S(=O)(O)c1cc(-n2ncc(-c3ccccc3)n2)ccc1C=Cc1ccc(-n2ncc(-c3ccccc3)n2)cc1SOOO. The average molecular weight is 627 g/mol. The highest BCUT2D eigenvalue weighted by molar-refractivity contribution is 7.94. The Kier molecular flexibility index (Phi) is 8.42. The number of nitrogens with zero attached hydrogens (tertiary/aromatic N) is 6. The third kappa shape index (κ3) is 6.50. The van der Waals surface area contributed by atoms with Crippen molar-refractivity contribution in [3.8, 4) is 33.9 Å². The number of aromatic nitrogens is 6. The van der Waals surface area contributed by atoms with Crippen LogP contribution < -0.4 is 0 Å². The number of benzene rings is 4. The summed E-state index contributed by atoms with van der Waals surface area (Å²) in [6.07, 6.45) is 6.36. The van der Waals surface area contributed by atoms with Crippen molar-refractivity contribution in [2.24, 2.45) is 0 Å². The van der Waals surface area contributed by atoms with Gasteiger partial charge in [-0.25, -0.2) is 5.26 Å². The molecule has 0 aliphatic carbocycles. The summed E-state index contributed by atoms with van der Waals surface area (Å²) in [4.78, 5) is 2.89. The zero-order valence-corrected chi connectivity index (χ0v) is 24.2. The maximum Gasteiger partial charge on any atom is 0.295 e. The molecular formula is C30H22N6O6S2. The van der Waals surface area contributed by atoms with E-state index in [9.17, 15) is 13.0 Å². The molecule has 2 aromatic heterocycles. The van der Waals surface area contributed by atoms with E-state index in [-0.39, 0.29) is 10.5 Å². The third-order valence-electron chi connectivity index (χ3n) is 6.45. The Morgan fingerprint density at radius 2 is 1.23 bits per heavy atom. The van der Waals surface area contributed by atoms with Gasteiger partial charge >= 0.3 is 0 Å². The standard InChI is InChI=1S/C30H22N6O6S2/c37-41-42-43-29-17-25(35-31-19-27(33-35)21-7-3-1-4-8-21)15-13-23(29)11-12-24-14-16-26(18-30(24)44(38,39)40)36-32-20-28(34-36)22-9-5-2-6-10-22/h1-20,37H,(H,38,39,40). The lowest BCUT2D eigenvalue weighted by Crippen LogP contribution is -2.05. The molecule has 2 N–H and O–H groups in total. The number of hydrogen-bond acceptors (Lipinski definition) is 10. The molecule has 220 valence electrons. The van der Waals surface area contributed by atoms with Gasteiger partial charge in [0.05, 0.1) is 35.8 Å². The van der Waals surface area contributed by atoms with Gasteiger partial charge in [-0.1, -0.05) is 90.0 Å². The second kappa shape index (κ2) is 12.7. The highest BCUT2D eigenvalue weighted by atomic mass is 32.2. The molecule has 12 nitrogen and oxygen atoms in total. The Hall–Kier alpha value is -4.96. The lowest BCUT2D eigenvalue weighted by atomic mass is 10.1. The Morgan fingerprint density at radius 1 is 0.705 bits per heavy atom. The van der Waals surface area contributed by atoms with E-state index in [1.807, 2.05) is 60.7 Å².